The van der Waals surface area contributed by atoms with Crippen molar-refractivity contribution in [2.45, 2.75) is 96.8 Å². The van der Waals surface area contributed by atoms with Gasteiger partial charge in [-0.15, -0.1) is 0 Å². The van der Waals surface area contributed by atoms with Gasteiger partial charge in [-0.05, 0) is 81.7 Å². The number of amides is 1. The minimum Gasteiger partial charge on any atom is -0.475 e. The van der Waals surface area contributed by atoms with E-state index in [0.29, 0.717) is 24.4 Å². The molecule has 6 rings (SSSR count). The fourth-order valence-corrected chi connectivity index (χ4v) is 8.41. The van der Waals surface area contributed by atoms with Gasteiger partial charge in [0.25, 0.3) is 15.9 Å². The molecule has 13 heteroatoms. The van der Waals surface area contributed by atoms with Crippen molar-refractivity contribution in [3.63, 3.8) is 0 Å². The Morgan fingerprint density at radius 1 is 1.00 bits per heavy atom. The summed E-state index contributed by atoms with van der Waals surface area (Å²) >= 11 is 0. The smallest absolute Gasteiger partial charge is 0.264 e. The number of fused-ring (bicyclic) bond motifs is 4. The van der Waals surface area contributed by atoms with E-state index in [4.69, 9.17) is 14.5 Å². The number of rotatable bonds is 7. The number of sulfonamides is 1. The van der Waals surface area contributed by atoms with Gasteiger partial charge >= 0.3 is 0 Å². The highest BCUT2D eigenvalue weighted by Gasteiger charge is 2.40. The van der Waals surface area contributed by atoms with Crippen LogP contribution in [0.1, 0.15) is 81.1 Å². The van der Waals surface area contributed by atoms with Crippen LogP contribution < -0.4 is 14.4 Å². The summed E-state index contributed by atoms with van der Waals surface area (Å²) in [5.74, 6) is 0.425. The van der Waals surface area contributed by atoms with Crippen LogP contribution in [-0.4, -0.2) is 77.1 Å². The van der Waals surface area contributed by atoms with Crippen molar-refractivity contribution in [3.8, 4) is 17.1 Å². The van der Waals surface area contributed by atoms with E-state index in [-0.39, 0.29) is 58.3 Å². The van der Waals surface area contributed by atoms with Crippen LogP contribution in [0.5, 0.6) is 5.88 Å². The summed E-state index contributed by atoms with van der Waals surface area (Å²) in [6.45, 7) is 15.4. The van der Waals surface area contributed by atoms with Gasteiger partial charge in [-0.1, -0.05) is 45.0 Å². The minimum atomic E-state index is -4.20. The highest BCUT2D eigenvalue weighted by molar-refractivity contribution is 7.92. The van der Waals surface area contributed by atoms with Crippen LogP contribution in [0.15, 0.2) is 65.8 Å². The van der Waals surface area contributed by atoms with Crippen LogP contribution >= 0.6 is 0 Å². The number of carbonyl (C=O) groups excluding carboxylic acids is 1. The first-order valence-electron chi connectivity index (χ1n) is 17.7. The van der Waals surface area contributed by atoms with Crippen LogP contribution in [0.25, 0.3) is 11.3 Å². The van der Waals surface area contributed by atoms with Gasteiger partial charge in [-0.3, -0.25) is 9.78 Å². The number of nitrogens with one attached hydrogen (secondary N) is 1. The second-order valence-corrected chi connectivity index (χ2v) is 17.4. The number of hydrogen-bond donors (Lipinski definition) is 1. The Morgan fingerprint density at radius 3 is 2.44 bits per heavy atom. The Kier molecular flexibility index (Phi) is 10.3. The first-order chi connectivity index (χ1) is 24.5. The quantitative estimate of drug-likeness (QED) is 0.222. The molecule has 2 aromatic carbocycles. The van der Waals surface area contributed by atoms with Gasteiger partial charge in [-0.2, -0.15) is 4.98 Å². The number of ether oxygens (including phenoxy) is 2. The Bertz CT molecular complexity index is 2040. The monoisotopic (exact) mass is 727 g/mol. The summed E-state index contributed by atoms with van der Waals surface area (Å²) in [5, 5.41) is 0. The number of aromatic nitrogens is 4. The lowest BCUT2D eigenvalue weighted by atomic mass is 9.87. The molecular formula is C39H49N7O5S. The van der Waals surface area contributed by atoms with Crippen molar-refractivity contribution in [2.75, 3.05) is 29.9 Å². The molecule has 1 fully saturated rings. The lowest BCUT2D eigenvalue weighted by Gasteiger charge is -2.37. The van der Waals surface area contributed by atoms with Gasteiger partial charge in [-0.25, -0.2) is 23.1 Å². The predicted octanol–water partition coefficient (Wildman–Crippen LogP) is 6.58. The average molecular weight is 728 g/mol. The Hall–Kier alpha value is -4.62. The molecule has 1 unspecified atom stereocenters. The van der Waals surface area contributed by atoms with Gasteiger partial charge in [0.1, 0.15) is 12.4 Å². The lowest BCUT2D eigenvalue weighted by Crippen LogP contribution is -2.46. The average Bonchev–Trinajstić information content (AvgIpc) is 3.37. The number of aryl methyl sites for hydroxylation is 2. The maximum absolute atomic E-state index is 14.7. The molecular weight excluding hydrogens is 679 g/mol. The molecule has 1 amide bonds. The number of anilines is 2. The Morgan fingerprint density at radius 2 is 1.73 bits per heavy atom. The molecule has 2 aliphatic rings. The molecule has 0 aliphatic carbocycles. The zero-order valence-electron chi connectivity index (χ0n) is 31.3. The van der Waals surface area contributed by atoms with Crippen molar-refractivity contribution in [1.29, 1.82) is 0 Å². The fourth-order valence-electron chi connectivity index (χ4n) is 7.42. The third-order valence-electron chi connectivity index (χ3n) is 9.75. The van der Waals surface area contributed by atoms with E-state index in [0.717, 1.165) is 35.3 Å². The molecule has 276 valence electrons. The van der Waals surface area contributed by atoms with Crippen molar-refractivity contribution < 1.29 is 22.7 Å². The highest BCUT2D eigenvalue weighted by atomic mass is 32.2. The predicted molar refractivity (Wildman–Crippen MR) is 201 cm³/mol. The van der Waals surface area contributed by atoms with E-state index in [9.17, 15) is 13.2 Å². The van der Waals surface area contributed by atoms with E-state index in [1.54, 1.807) is 42.6 Å². The van der Waals surface area contributed by atoms with Gasteiger partial charge in [0.2, 0.25) is 11.8 Å². The van der Waals surface area contributed by atoms with Crippen molar-refractivity contribution in [2.24, 2.45) is 5.41 Å². The molecule has 2 aromatic heterocycles. The maximum Gasteiger partial charge on any atom is 0.264 e. The normalized spacial score (nSPS) is 20.0. The highest BCUT2D eigenvalue weighted by Crippen LogP contribution is 2.37. The molecule has 1 N–H and O–H groups in total. The number of carbonyl (C=O) groups is 1. The Labute approximate surface area is 307 Å². The summed E-state index contributed by atoms with van der Waals surface area (Å²) < 4.78 is 42.1. The third kappa shape index (κ3) is 8.05. The standard InChI is InChI=1S/C39H49N7O5S/c1-25-11-9-12-26(2)35(25)32-18-34-43-37(42-32)44-52(48,49)31-14-10-13-27(17-31)36(47)45(30(24-51-34)19-38(3,4)5)22-28-20-40-21-33(41-28)46-29(23-50-8)15-16-39(46,6)7/h9-14,17-18,20-21,29-30H,15-16,19,22-24H2,1-8H3,(H,42,43,44)/t29?,30-/m1/s1. The minimum absolute atomic E-state index is 0.0836. The SMILES string of the molecule is COCC1CCC(C)(C)N1c1cncc(CN2C(=O)c3cccc(c3)S(=O)(=O)Nc3nc(cc(-c4c(C)cccc4C)n3)OC[C@H]2CC(C)(C)C)n1. The van der Waals surface area contributed by atoms with E-state index >= 15 is 0 Å². The first kappa shape index (κ1) is 37.1. The van der Waals surface area contributed by atoms with Gasteiger partial charge in [0.05, 0.1) is 53.9 Å². The second-order valence-electron chi connectivity index (χ2n) is 15.7. The molecule has 0 radical (unpaired) electrons. The van der Waals surface area contributed by atoms with Crippen LogP contribution in [0.4, 0.5) is 11.8 Å². The summed E-state index contributed by atoms with van der Waals surface area (Å²) in [6, 6.07) is 13.4. The second kappa shape index (κ2) is 14.4. The molecule has 1 saturated heterocycles. The molecule has 4 heterocycles. The summed E-state index contributed by atoms with van der Waals surface area (Å²) in [5.41, 5.74) is 3.76. The molecule has 0 saturated carbocycles. The molecule has 2 aliphatic heterocycles. The maximum atomic E-state index is 14.7. The van der Waals surface area contributed by atoms with Crippen LogP contribution in [0, 0.1) is 19.3 Å². The van der Waals surface area contributed by atoms with Crippen molar-refractivity contribution in [3.05, 3.63) is 83.3 Å². The van der Waals surface area contributed by atoms with Crippen molar-refractivity contribution >= 4 is 27.7 Å². The van der Waals surface area contributed by atoms with Crippen LogP contribution in [-0.2, 0) is 21.3 Å². The zero-order valence-corrected chi connectivity index (χ0v) is 32.1. The summed E-state index contributed by atoms with van der Waals surface area (Å²) in [4.78, 5) is 37.4. The fraction of sp³-hybridized carbons (Fsp3) is 0.462. The molecule has 12 nitrogen and oxygen atoms in total. The number of methoxy groups -OCH3 is 1. The summed E-state index contributed by atoms with van der Waals surface area (Å²) in [7, 11) is -2.49. The molecule has 4 aromatic rings. The lowest BCUT2D eigenvalue weighted by molar-refractivity contribution is 0.0509. The van der Waals surface area contributed by atoms with Gasteiger partial charge in [0, 0.05) is 29.8 Å². The molecule has 0 spiro atoms. The van der Waals surface area contributed by atoms with E-state index in [1.807, 2.05) is 32.0 Å². The summed E-state index contributed by atoms with van der Waals surface area (Å²) in [6.07, 6.45) is 5.95. The van der Waals surface area contributed by atoms with Gasteiger partial charge in [0.15, 0.2) is 0 Å². The molecule has 4 bridgehead atoms. The van der Waals surface area contributed by atoms with Crippen LogP contribution in [0.2, 0.25) is 0 Å². The van der Waals surface area contributed by atoms with E-state index in [1.165, 1.54) is 12.1 Å². The van der Waals surface area contributed by atoms with Crippen molar-refractivity contribution in [1.82, 2.24) is 24.8 Å². The largest absolute Gasteiger partial charge is 0.475 e. The topological polar surface area (TPSA) is 140 Å². The van der Waals surface area contributed by atoms with Crippen LogP contribution in [0.3, 0.4) is 0 Å². The first-order valence-corrected chi connectivity index (χ1v) is 19.1. The van der Waals surface area contributed by atoms with E-state index < -0.39 is 16.1 Å². The zero-order chi connectivity index (χ0) is 37.4. The number of hydrogen-bond acceptors (Lipinski definition) is 10. The third-order valence-corrected chi connectivity index (χ3v) is 11.1. The Balaban J connectivity index is 1.46. The number of nitrogens with zero attached hydrogens (tertiary/aromatic N) is 6. The number of benzene rings is 2. The van der Waals surface area contributed by atoms with E-state index in [2.05, 4.69) is 59.2 Å². The molecule has 52 heavy (non-hydrogen) atoms. The molecule has 2 atom stereocenters. The van der Waals surface area contributed by atoms with Gasteiger partial charge < -0.3 is 19.3 Å².